The summed E-state index contributed by atoms with van der Waals surface area (Å²) in [6.45, 7) is 1.84. The molecule has 4 heteroatoms. The van der Waals surface area contributed by atoms with E-state index in [1.54, 1.807) is 6.20 Å². The van der Waals surface area contributed by atoms with Gasteiger partial charge in [0.05, 0.1) is 0 Å². The van der Waals surface area contributed by atoms with E-state index < -0.39 is 5.91 Å². The van der Waals surface area contributed by atoms with Crippen molar-refractivity contribution in [1.29, 1.82) is 0 Å². The molecule has 1 aromatic rings. The van der Waals surface area contributed by atoms with Gasteiger partial charge in [-0.05, 0) is 36.8 Å². The van der Waals surface area contributed by atoms with Gasteiger partial charge in [-0.25, -0.2) is 0 Å². The highest BCUT2D eigenvalue weighted by Crippen LogP contribution is 2.31. The van der Waals surface area contributed by atoms with E-state index in [0.717, 1.165) is 24.0 Å². The van der Waals surface area contributed by atoms with Crippen LogP contribution in [0, 0.1) is 6.92 Å². The molecule has 90 valence electrons. The van der Waals surface area contributed by atoms with E-state index in [4.69, 9.17) is 5.73 Å². The summed E-state index contributed by atoms with van der Waals surface area (Å²) in [4.78, 5) is 26.4. The number of Topliss-reactive ketones (excluding diaryl/α,β-unsaturated/α-hetero) is 1. The zero-order chi connectivity index (χ0) is 12.4. The van der Waals surface area contributed by atoms with Gasteiger partial charge in [0.2, 0.25) is 0 Å². The Balaban J connectivity index is 2.20. The first kappa shape index (κ1) is 11.8. The molecule has 17 heavy (non-hydrogen) atoms. The minimum Gasteiger partial charge on any atom is -0.364 e. The zero-order valence-corrected chi connectivity index (χ0v) is 9.90. The molecule has 0 aromatic carbocycles. The molecule has 0 bridgehead atoms. The molecule has 0 spiro atoms. The van der Waals surface area contributed by atoms with Crippen LogP contribution < -0.4 is 5.73 Å². The van der Waals surface area contributed by atoms with E-state index >= 15 is 0 Å². The number of rotatable bonds is 2. The summed E-state index contributed by atoms with van der Waals surface area (Å²) in [5.74, 6) is 0.244. The molecular weight excluding hydrogens is 216 g/mol. The average Bonchev–Trinajstić information content (AvgIpc) is 2.29. The quantitative estimate of drug-likeness (QED) is 0.843. The minimum atomic E-state index is -0.493. The van der Waals surface area contributed by atoms with Crippen molar-refractivity contribution in [2.24, 2.45) is 5.73 Å². The Morgan fingerprint density at radius 3 is 2.59 bits per heavy atom. The monoisotopic (exact) mass is 232 g/mol. The highest BCUT2D eigenvalue weighted by molar-refractivity contribution is 5.92. The topological polar surface area (TPSA) is 73.1 Å². The second-order valence-electron chi connectivity index (χ2n) is 4.61. The fourth-order valence-corrected chi connectivity index (χ4v) is 2.35. The molecule has 0 radical (unpaired) electrons. The molecule has 1 fully saturated rings. The van der Waals surface area contributed by atoms with Crippen molar-refractivity contribution in [3.05, 3.63) is 29.1 Å². The van der Waals surface area contributed by atoms with Crippen molar-refractivity contribution in [2.75, 3.05) is 0 Å². The molecule has 1 aliphatic rings. The van der Waals surface area contributed by atoms with Crippen LogP contribution in [0.25, 0.3) is 0 Å². The van der Waals surface area contributed by atoms with Crippen molar-refractivity contribution in [3.63, 3.8) is 0 Å². The Hall–Kier alpha value is -1.71. The van der Waals surface area contributed by atoms with E-state index in [2.05, 4.69) is 4.98 Å². The summed E-state index contributed by atoms with van der Waals surface area (Å²) in [5.41, 5.74) is 7.47. The molecule has 2 rings (SSSR count). The number of primary amides is 1. The standard InChI is InChI=1S/C13H16N2O2/c1-8-6-10(7-15-12(8)13(14)17)9-2-4-11(16)5-3-9/h6-7,9H,2-5H2,1H3,(H2,14,17). The van der Waals surface area contributed by atoms with Crippen molar-refractivity contribution >= 4 is 11.7 Å². The third kappa shape index (κ3) is 2.52. The first-order valence-electron chi connectivity index (χ1n) is 5.86. The number of nitrogens with two attached hydrogens (primary N) is 1. The summed E-state index contributed by atoms with van der Waals surface area (Å²) in [6.07, 6.45) is 4.79. The molecule has 2 N–H and O–H groups in total. The Labute approximate surface area is 100 Å². The Bertz CT molecular complexity index is 458. The van der Waals surface area contributed by atoms with Gasteiger partial charge >= 0.3 is 0 Å². The summed E-state index contributed by atoms with van der Waals surface area (Å²) >= 11 is 0. The van der Waals surface area contributed by atoms with Crippen LogP contribution in [0.1, 0.15) is 53.2 Å². The lowest BCUT2D eigenvalue weighted by Crippen LogP contribution is -2.17. The number of hydrogen-bond acceptors (Lipinski definition) is 3. The van der Waals surface area contributed by atoms with Crippen molar-refractivity contribution < 1.29 is 9.59 Å². The summed E-state index contributed by atoms with van der Waals surface area (Å²) in [6, 6.07) is 1.97. The van der Waals surface area contributed by atoms with Gasteiger partial charge in [-0.15, -0.1) is 0 Å². The SMILES string of the molecule is Cc1cc(C2CCC(=O)CC2)cnc1C(N)=O. The van der Waals surface area contributed by atoms with Gasteiger partial charge in [0.15, 0.2) is 0 Å². The van der Waals surface area contributed by atoms with E-state index in [1.165, 1.54) is 0 Å². The number of carbonyl (C=O) groups excluding carboxylic acids is 2. The minimum absolute atomic E-state index is 0.334. The lowest BCUT2D eigenvalue weighted by molar-refractivity contribution is -0.120. The molecule has 1 saturated carbocycles. The van der Waals surface area contributed by atoms with E-state index in [9.17, 15) is 9.59 Å². The largest absolute Gasteiger partial charge is 0.364 e. The fourth-order valence-electron chi connectivity index (χ4n) is 2.35. The molecule has 1 amide bonds. The number of ketones is 1. The number of hydrogen-bond donors (Lipinski definition) is 1. The number of aryl methyl sites for hydroxylation is 1. The first-order chi connectivity index (χ1) is 8.08. The highest BCUT2D eigenvalue weighted by Gasteiger charge is 2.21. The Morgan fingerprint density at radius 2 is 2.06 bits per heavy atom. The van der Waals surface area contributed by atoms with Crippen molar-refractivity contribution in [2.45, 2.75) is 38.5 Å². The van der Waals surface area contributed by atoms with E-state index in [0.29, 0.717) is 30.2 Å². The van der Waals surface area contributed by atoms with Gasteiger partial charge < -0.3 is 5.73 Å². The Kier molecular flexibility index (Phi) is 3.22. The van der Waals surface area contributed by atoms with Gasteiger partial charge in [0, 0.05) is 19.0 Å². The normalized spacial score (nSPS) is 17.1. The number of aromatic nitrogens is 1. The summed E-state index contributed by atoms with van der Waals surface area (Å²) in [5, 5.41) is 0. The average molecular weight is 232 g/mol. The maximum absolute atomic E-state index is 11.2. The maximum Gasteiger partial charge on any atom is 0.267 e. The number of amides is 1. The molecule has 4 nitrogen and oxygen atoms in total. The second-order valence-corrected chi connectivity index (χ2v) is 4.61. The van der Waals surface area contributed by atoms with Crippen LogP contribution in [0.5, 0.6) is 0 Å². The van der Waals surface area contributed by atoms with Gasteiger partial charge in [0.1, 0.15) is 11.5 Å². The van der Waals surface area contributed by atoms with Crippen LogP contribution in [-0.4, -0.2) is 16.7 Å². The van der Waals surface area contributed by atoms with Crippen LogP contribution in [-0.2, 0) is 4.79 Å². The van der Waals surface area contributed by atoms with E-state index in [1.807, 2.05) is 13.0 Å². The molecule has 0 saturated heterocycles. The predicted octanol–water partition coefficient (Wildman–Crippen LogP) is 1.72. The number of nitrogens with zero attached hydrogens (tertiary/aromatic N) is 1. The Morgan fingerprint density at radius 1 is 1.41 bits per heavy atom. The van der Waals surface area contributed by atoms with Gasteiger partial charge in [0.25, 0.3) is 5.91 Å². The van der Waals surface area contributed by atoms with Gasteiger partial charge in [-0.3, -0.25) is 14.6 Å². The van der Waals surface area contributed by atoms with Gasteiger partial charge in [-0.1, -0.05) is 6.07 Å². The van der Waals surface area contributed by atoms with Crippen LogP contribution >= 0.6 is 0 Å². The lowest BCUT2D eigenvalue weighted by atomic mass is 9.83. The predicted molar refractivity (Wildman–Crippen MR) is 63.7 cm³/mol. The number of pyridine rings is 1. The van der Waals surface area contributed by atoms with Crippen molar-refractivity contribution in [1.82, 2.24) is 4.98 Å². The van der Waals surface area contributed by atoms with Crippen LogP contribution in [0.3, 0.4) is 0 Å². The van der Waals surface area contributed by atoms with Gasteiger partial charge in [-0.2, -0.15) is 0 Å². The fraction of sp³-hybridized carbons (Fsp3) is 0.462. The molecule has 0 unspecified atom stereocenters. The van der Waals surface area contributed by atoms with Crippen LogP contribution in [0.4, 0.5) is 0 Å². The third-order valence-corrected chi connectivity index (χ3v) is 3.35. The molecule has 1 aliphatic carbocycles. The van der Waals surface area contributed by atoms with Crippen molar-refractivity contribution in [3.8, 4) is 0 Å². The first-order valence-corrected chi connectivity index (χ1v) is 5.86. The van der Waals surface area contributed by atoms with Crippen LogP contribution in [0.2, 0.25) is 0 Å². The molecule has 0 atom stereocenters. The highest BCUT2D eigenvalue weighted by atomic mass is 16.1. The molecule has 1 aromatic heterocycles. The second kappa shape index (κ2) is 4.65. The maximum atomic E-state index is 11.2. The van der Waals surface area contributed by atoms with Crippen LogP contribution in [0.15, 0.2) is 12.3 Å². The molecule has 1 heterocycles. The van der Waals surface area contributed by atoms with E-state index in [-0.39, 0.29) is 0 Å². The molecular formula is C13H16N2O2. The lowest BCUT2D eigenvalue weighted by Gasteiger charge is -2.21. The zero-order valence-electron chi connectivity index (χ0n) is 9.90. The third-order valence-electron chi connectivity index (χ3n) is 3.35. The summed E-state index contributed by atoms with van der Waals surface area (Å²) in [7, 11) is 0. The number of carbonyl (C=O) groups is 2. The summed E-state index contributed by atoms with van der Waals surface area (Å²) < 4.78 is 0. The smallest absolute Gasteiger partial charge is 0.267 e. The molecule has 0 aliphatic heterocycles.